The molecule has 0 aliphatic rings. The molecule has 6 heteroatoms. The highest BCUT2D eigenvalue weighted by Gasteiger charge is 2.19. The summed E-state index contributed by atoms with van der Waals surface area (Å²) in [6.45, 7) is 6.46. The Morgan fingerprint density at radius 2 is 0.631 bits per heavy atom. The maximum absolute atomic E-state index is 12.8. The van der Waals surface area contributed by atoms with Gasteiger partial charge in [0.1, 0.15) is 13.2 Å². The number of unbranched alkanes of at least 4 members (excludes halogenated alkanes) is 26. The maximum Gasteiger partial charge on any atom is 0.306 e. The van der Waals surface area contributed by atoms with Crippen LogP contribution in [0.1, 0.15) is 265 Å². The summed E-state index contributed by atoms with van der Waals surface area (Å²) in [5.41, 5.74) is 0. The minimum absolute atomic E-state index is 0.0966. The molecule has 0 heterocycles. The quantitative estimate of drug-likeness (QED) is 0.0262. The highest BCUT2D eigenvalue weighted by molar-refractivity contribution is 5.71. The summed E-state index contributed by atoms with van der Waals surface area (Å²) in [5.74, 6) is -0.972. The summed E-state index contributed by atoms with van der Waals surface area (Å²) < 4.78 is 16.8. The van der Waals surface area contributed by atoms with E-state index in [0.29, 0.717) is 19.3 Å². The smallest absolute Gasteiger partial charge is 0.306 e. The van der Waals surface area contributed by atoms with Crippen LogP contribution < -0.4 is 0 Å². The molecule has 0 bridgehead atoms. The van der Waals surface area contributed by atoms with Crippen LogP contribution in [-0.4, -0.2) is 37.2 Å². The topological polar surface area (TPSA) is 78.9 Å². The van der Waals surface area contributed by atoms with Gasteiger partial charge in [0.15, 0.2) is 6.10 Å². The molecule has 0 aliphatic carbocycles. The molecule has 0 N–H and O–H groups in total. The Balaban J connectivity index is 4.41. The number of hydrogen-bond acceptors (Lipinski definition) is 6. The Kier molecular flexibility index (Phi) is 50.9. The molecule has 0 radical (unpaired) electrons. The van der Waals surface area contributed by atoms with Crippen molar-refractivity contribution in [3.63, 3.8) is 0 Å². The summed E-state index contributed by atoms with van der Waals surface area (Å²) in [6, 6.07) is 0. The lowest BCUT2D eigenvalue weighted by Crippen LogP contribution is -2.30. The van der Waals surface area contributed by atoms with E-state index in [-0.39, 0.29) is 37.5 Å². The standard InChI is InChI=1S/C59H102O6/c1-4-7-10-13-16-19-22-25-27-28-29-30-32-34-37-40-43-46-49-52-58(61)64-55-56(54-63-57(60)51-48-45-42-39-36-33-24-21-18-15-12-9-6-3)65-59(62)53-50-47-44-41-38-35-31-26-23-20-17-14-11-8-5-2/h7,10,16,19-20,23,25,27,33,36,42,45,56H,4-6,8-9,11-15,17-18,21-22,24,26,28-32,34-35,37-41,43-44,46-55H2,1-3H3/b10-7-,19-16-,23-20-,27-25-,36-33-,45-42-. The van der Waals surface area contributed by atoms with E-state index in [1.807, 2.05) is 6.08 Å². The van der Waals surface area contributed by atoms with Crippen LogP contribution in [0.4, 0.5) is 0 Å². The Morgan fingerprint density at radius 3 is 1.06 bits per heavy atom. The lowest BCUT2D eigenvalue weighted by atomic mass is 10.1. The lowest BCUT2D eigenvalue weighted by Gasteiger charge is -2.18. The number of carbonyl (C=O) groups is 3. The fourth-order valence-electron chi connectivity index (χ4n) is 7.56. The Morgan fingerprint density at radius 1 is 0.323 bits per heavy atom. The van der Waals surface area contributed by atoms with Crippen molar-refractivity contribution < 1.29 is 28.6 Å². The van der Waals surface area contributed by atoms with Crippen molar-refractivity contribution in [2.24, 2.45) is 0 Å². The van der Waals surface area contributed by atoms with Crippen molar-refractivity contribution >= 4 is 17.9 Å². The van der Waals surface area contributed by atoms with Crippen LogP contribution in [0.5, 0.6) is 0 Å². The number of allylic oxidation sites excluding steroid dienone is 12. The fourth-order valence-corrected chi connectivity index (χ4v) is 7.56. The molecule has 0 saturated heterocycles. The third kappa shape index (κ3) is 51.7. The molecule has 0 aromatic heterocycles. The molecule has 0 rings (SSSR count). The third-order valence-corrected chi connectivity index (χ3v) is 11.7. The molecule has 1 unspecified atom stereocenters. The lowest BCUT2D eigenvalue weighted by molar-refractivity contribution is -0.166. The van der Waals surface area contributed by atoms with Crippen LogP contribution in [-0.2, 0) is 28.6 Å². The minimum atomic E-state index is -0.802. The first-order valence-corrected chi connectivity index (χ1v) is 27.4. The zero-order chi connectivity index (χ0) is 47.2. The van der Waals surface area contributed by atoms with Gasteiger partial charge < -0.3 is 14.2 Å². The van der Waals surface area contributed by atoms with E-state index in [9.17, 15) is 14.4 Å². The molecular weight excluding hydrogens is 805 g/mol. The summed E-state index contributed by atoms with van der Waals surface area (Å²) in [6.07, 6.45) is 67.6. The minimum Gasteiger partial charge on any atom is -0.462 e. The predicted molar refractivity (Wildman–Crippen MR) is 279 cm³/mol. The molecule has 0 aliphatic heterocycles. The molecule has 0 fully saturated rings. The second-order valence-electron chi connectivity index (χ2n) is 18.1. The molecule has 0 spiro atoms. The van der Waals surface area contributed by atoms with Gasteiger partial charge in [-0.25, -0.2) is 0 Å². The molecule has 1 atom stereocenters. The van der Waals surface area contributed by atoms with Gasteiger partial charge in [-0.2, -0.15) is 0 Å². The Bertz CT molecular complexity index is 1230. The number of hydrogen-bond donors (Lipinski definition) is 0. The first-order chi connectivity index (χ1) is 32.0. The van der Waals surface area contributed by atoms with Crippen LogP contribution in [0.25, 0.3) is 0 Å². The second kappa shape index (κ2) is 53.5. The van der Waals surface area contributed by atoms with Crippen LogP contribution in [0.15, 0.2) is 72.9 Å². The number of esters is 3. The number of carbonyl (C=O) groups excluding carboxylic acids is 3. The zero-order valence-corrected chi connectivity index (χ0v) is 42.7. The average Bonchev–Trinajstić information content (AvgIpc) is 3.30. The Hall–Kier alpha value is -3.15. The summed E-state index contributed by atoms with van der Waals surface area (Å²) in [4.78, 5) is 38.0. The zero-order valence-electron chi connectivity index (χ0n) is 42.7. The van der Waals surface area contributed by atoms with E-state index in [4.69, 9.17) is 14.2 Å². The van der Waals surface area contributed by atoms with Gasteiger partial charge in [-0.3, -0.25) is 14.4 Å². The fraction of sp³-hybridized carbons (Fsp3) is 0.746. The SMILES string of the molecule is CC/C=C\C/C=C\C/C=C\CCCCCCCCCCCC(=O)OCC(COC(=O)CC/C=C\C/C=C\CCCCCCCC)OC(=O)CCCCCCCCC/C=C\CCCCCC. The summed E-state index contributed by atoms with van der Waals surface area (Å²) in [5, 5.41) is 0. The van der Waals surface area contributed by atoms with Crippen molar-refractivity contribution in [2.75, 3.05) is 13.2 Å². The molecule has 65 heavy (non-hydrogen) atoms. The molecule has 0 aromatic carbocycles. The van der Waals surface area contributed by atoms with Crippen LogP contribution in [0.3, 0.4) is 0 Å². The van der Waals surface area contributed by atoms with Gasteiger partial charge in [0.25, 0.3) is 0 Å². The van der Waals surface area contributed by atoms with E-state index in [1.165, 1.54) is 148 Å². The maximum atomic E-state index is 12.8. The van der Waals surface area contributed by atoms with Crippen LogP contribution >= 0.6 is 0 Å². The first-order valence-electron chi connectivity index (χ1n) is 27.4. The normalized spacial score (nSPS) is 12.6. The largest absolute Gasteiger partial charge is 0.462 e. The molecular formula is C59H102O6. The predicted octanol–water partition coefficient (Wildman–Crippen LogP) is 18.2. The van der Waals surface area contributed by atoms with Crippen molar-refractivity contribution in [1.82, 2.24) is 0 Å². The second-order valence-corrected chi connectivity index (χ2v) is 18.1. The average molecular weight is 907 g/mol. The van der Waals surface area contributed by atoms with E-state index in [0.717, 1.165) is 70.6 Å². The van der Waals surface area contributed by atoms with E-state index >= 15 is 0 Å². The van der Waals surface area contributed by atoms with Gasteiger partial charge in [0, 0.05) is 19.3 Å². The van der Waals surface area contributed by atoms with Crippen molar-refractivity contribution in [1.29, 1.82) is 0 Å². The number of rotatable bonds is 49. The highest BCUT2D eigenvalue weighted by atomic mass is 16.6. The van der Waals surface area contributed by atoms with Crippen molar-refractivity contribution in [3.05, 3.63) is 72.9 Å². The molecule has 0 amide bonds. The molecule has 0 saturated carbocycles. The first kappa shape index (κ1) is 61.9. The van der Waals surface area contributed by atoms with Crippen molar-refractivity contribution in [3.8, 4) is 0 Å². The van der Waals surface area contributed by atoms with Crippen LogP contribution in [0, 0.1) is 0 Å². The van der Waals surface area contributed by atoms with Crippen LogP contribution in [0.2, 0.25) is 0 Å². The third-order valence-electron chi connectivity index (χ3n) is 11.7. The van der Waals surface area contributed by atoms with Gasteiger partial charge in [0.05, 0.1) is 0 Å². The number of ether oxygens (including phenoxy) is 3. The summed E-state index contributed by atoms with van der Waals surface area (Å²) >= 11 is 0. The highest BCUT2D eigenvalue weighted by Crippen LogP contribution is 2.15. The van der Waals surface area contributed by atoms with E-state index in [1.54, 1.807) is 0 Å². The molecule has 374 valence electrons. The van der Waals surface area contributed by atoms with Crippen molar-refractivity contribution in [2.45, 2.75) is 271 Å². The molecule has 6 nitrogen and oxygen atoms in total. The van der Waals surface area contributed by atoms with Gasteiger partial charge in [-0.05, 0) is 96.3 Å². The van der Waals surface area contributed by atoms with Gasteiger partial charge in [-0.1, -0.05) is 222 Å². The van der Waals surface area contributed by atoms with Gasteiger partial charge >= 0.3 is 17.9 Å². The van der Waals surface area contributed by atoms with Gasteiger partial charge in [-0.15, -0.1) is 0 Å². The van der Waals surface area contributed by atoms with E-state index in [2.05, 4.69) is 87.6 Å². The van der Waals surface area contributed by atoms with E-state index < -0.39 is 6.10 Å². The molecule has 0 aromatic rings. The van der Waals surface area contributed by atoms with Gasteiger partial charge in [0.2, 0.25) is 0 Å². The summed E-state index contributed by atoms with van der Waals surface area (Å²) in [7, 11) is 0. The Labute approximate surface area is 402 Å². The monoisotopic (exact) mass is 907 g/mol.